The van der Waals surface area contributed by atoms with Crippen LogP contribution >= 0.6 is 15.9 Å². The summed E-state index contributed by atoms with van der Waals surface area (Å²) in [5.74, 6) is -2.13. The molecule has 0 saturated carbocycles. The third-order valence-electron chi connectivity index (χ3n) is 3.46. The van der Waals surface area contributed by atoms with Gasteiger partial charge in [-0.1, -0.05) is 29.8 Å². The van der Waals surface area contributed by atoms with Crippen LogP contribution in [0.4, 0.5) is 0 Å². The number of sulfonamides is 1. The molecule has 0 aromatic heterocycles. The second-order valence-corrected chi connectivity index (χ2v) is 8.63. The van der Waals surface area contributed by atoms with Gasteiger partial charge in [0, 0.05) is 10.2 Å². The van der Waals surface area contributed by atoms with Crippen LogP contribution in [0.15, 0.2) is 44.9 Å². The summed E-state index contributed by atoms with van der Waals surface area (Å²) in [6.07, 6.45) is 0. The Labute approximate surface area is 166 Å². The molecular weight excluding hydrogens is 438 g/mol. The smallest absolute Gasteiger partial charge is 0.324 e. The number of nitriles is 1. The van der Waals surface area contributed by atoms with E-state index >= 15 is 0 Å². The Morgan fingerprint density at radius 3 is 2.30 bits per heavy atom. The summed E-state index contributed by atoms with van der Waals surface area (Å²) in [6, 6.07) is 6.31. The minimum atomic E-state index is -3.98. The minimum absolute atomic E-state index is 0.00917. The lowest BCUT2D eigenvalue weighted by Crippen LogP contribution is -2.45. The molecule has 27 heavy (non-hydrogen) atoms. The lowest BCUT2D eigenvalue weighted by atomic mass is 10.1. The van der Waals surface area contributed by atoms with Crippen LogP contribution in [0.2, 0.25) is 0 Å². The molecule has 1 aromatic rings. The SMILES string of the molecule is C/C(N)=C(/C#N)C(=O)COC(=O)C(NS(=O)(=O)c1ccc(Br)cc1)C(C)C. The Kier molecular flexibility index (Phi) is 8.15. The number of rotatable bonds is 8. The number of benzene rings is 1. The van der Waals surface area contributed by atoms with Gasteiger partial charge in [-0.3, -0.25) is 9.59 Å². The molecule has 1 atom stereocenters. The maximum absolute atomic E-state index is 12.5. The first-order chi connectivity index (χ1) is 12.5. The zero-order valence-electron chi connectivity index (χ0n) is 15.0. The summed E-state index contributed by atoms with van der Waals surface area (Å²) in [5, 5.41) is 8.88. The summed E-state index contributed by atoms with van der Waals surface area (Å²) in [7, 11) is -3.98. The molecule has 8 nitrogen and oxygen atoms in total. The van der Waals surface area contributed by atoms with E-state index in [1.54, 1.807) is 32.0 Å². The van der Waals surface area contributed by atoms with Gasteiger partial charge in [0.1, 0.15) is 17.7 Å². The van der Waals surface area contributed by atoms with E-state index in [0.29, 0.717) is 4.47 Å². The fraction of sp³-hybridized carbons (Fsp3) is 0.353. The van der Waals surface area contributed by atoms with Crippen molar-refractivity contribution < 1.29 is 22.7 Å². The molecule has 0 heterocycles. The highest BCUT2D eigenvalue weighted by atomic mass is 79.9. The van der Waals surface area contributed by atoms with Gasteiger partial charge in [0.05, 0.1) is 4.90 Å². The first-order valence-corrected chi connectivity index (χ1v) is 10.1. The third kappa shape index (κ3) is 6.46. The Bertz CT molecular complexity index is 882. The Balaban J connectivity index is 2.91. The summed E-state index contributed by atoms with van der Waals surface area (Å²) < 4.78 is 32.8. The second kappa shape index (κ2) is 9.64. The van der Waals surface area contributed by atoms with E-state index in [2.05, 4.69) is 20.7 Å². The van der Waals surface area contributed by atoms with Crippen LogP contribution in [0.3, 0.4) is 0 Å². The fourth-order valence-corrected chi connectivity index (χ4v) is 3.57. The van der Waals surface area contributed by atoms with Crippen molar-refractivity contribution in [3.05, 3.63) is 40.0 Å². The molecule has 0 aliphatic carbocycles. The van der Waals surface area contributed by atoms with Gasteiger partial charge in [0.2, 0.25) is 15.8 Å². The number of esters is 1. The minimum Gasteiger partial charge on any atom is -0.456 e. The number of hydrogen-bond donors (Lipinski definition) is 2. The molecule has 0 saturated heterocycles. The Morgan fingerprint density at radius 1 is 1.30 bits per heavy atom. The predicted octanol–water partition coefficient (Wildman–Crippen LogP) is 1.62. The quantitative estimate of drug-likeness (QED) is 0.343. The summed E-state index contributed by atoms with van der Waals surface area (Å²) >= 11 is 3.21. The Morgan fingerprint density at radius 2 is 1.85 bits per heavy atom. The molecule has 3 N–H and O–H groups in total. The number of carbonyl (C=O) groups is 2. The van der Waals surface area contributed by atoms with Crippen molar-refractivity contribution in [2.45, 2.75) is 31.7 Å². The van der Waals surface area contributed by atoms with E-state index in [-0.39, 0.29) is 16.2 Å². The van der Waals surface area contributed by atoms with E-state index in [1.807, 2.05) is 0 Å². The van der Waals surface area contributed by atoms with Crippen molar-refractivity contribution in [1.29, 1.82) is 5.26 Å². The van der Waals surface area contributed by atoms with Crippen LogP contribution in [-0.4, -0.2) is 32.8 Å². The number of Topliss-reactive ketones (excluding diaryl/α,β-unsaturated/α-hetero) is 1. The van der Waals surface area contributed by atoms with Gasteiger partial charge in [0.25, 0.3) is 0 Å². The van der Waals surface area contributed by atoms with Gasteiger partial charge in [-0.2, -0.15) is 9.98 Å². The van der Waals surface area contributed by atoms with Crippen molar-refractivity contribution in [3.8, 4) is 6.07 Å². The molecule has 1 unspecified atom stereocenters. The van der Waals surface area contributed by atoms with E-state index in [9.17, 15) is 18.0 Å². The zero-order valence-corrected chi connectivity index (χ0v) is 17.4. The van der Waals surface area contributed by atoms with Gasteiger partial charge in [-0.25, -0.2) is 8.42 Å². The summed E-state index contributed by atoms with van der Waals surface area (Å²) in [6.45, 7) is 3.92. The molecule has 10 heteroatoms. The van der Waals surface area contributed by atoms with Gasteiger partial charge < -0.3 is 10.5 Å². The van der Waals surface area contributed by atoms with Gasteiger partial charge >= 0.3 is 5.97 Å². The summed E-state index contributed by atoms with van der Waals surface area (Å²) in [4.78, 5) is 24.1. The maximum Gasteiger partial charge on any atom is 0.324 e. The molecule has 0 fully saturated rings. The molecule has 0 aliphatic heterocycles. The zero-order chi connectivity index (χ0) is 20.8. The van der Waals surface area contributed by atoms with Gasteiger partial charge in [-0.05, 0) is 37.1 Å². The van der Waals surface area contributed by atoms with Crippen molar-refractivity contribution >= 4 is 37.7 Å². The highest BCUT2D eigenvalue weighted by molar-refractivity contribution is 9.10. The van der Waals surface area contributed by atoms with Crippen molar-refractivity contribution in [3.63, 3.8) is 0 Å². The molecule has 1 rings (SSSR count). The average Bonchev–Trinajstić information content (AvgIpc) is 2.58. The highest BCUT2D eigenvalue weighted by Gasteiger charge is 2.30. The number of nitrogens with one attached hydrogen (secondary N) is 1. The number of allylic oxidation sites excluding steroid dienone is 1. The van der Waals surface area contributed by atoms with Crippen LogP contribution in [0.1, 0.15) is 20.8 Å². The van der Waals surface area contributed by atoms with Crippen molar-refractivity contribution in [2.24, 2.45) is 11.7 Å². The van der Waals surface area contributed by atoms with Crippen LogP contribution < -0.4 is 10.5 Å². The Hall–Kier alpha value is -2.22. The van der Waals surface area contributed by atoms with Crippen molar-refractivity contribution in [1.82, 2.24) is 4.72 Å². The van der Waals surface area contributed by atoms with E-state index in [4.69, 9.17) is 15.7 Å². The molecular formula is C17H20BrN3O5S. The molecule has 146 valence electrons. The monoisotopic (exact) mass is 457 g/mol. The van der Waals surface area contributed by atoms with Crippen LogP contribution in [0.25, 0.3) is 0 Å². The van der Waals surface area contributed by atoms with Gasteiger partial charge in [-0.15, -0.1) is 0 Å². The molecule has 0 spiro atoms. The lowest BCUT2D eigenvalue weighted by Gasteiger charge is -2.20. The van der Waals surface area contributed by atoms with E-state index in [0.717, 1.165) is 0 Å². The number of ether oxygens (including phenoxy) is 1. The van der Waals surface area contributed by atoms with Crippen LogP contribution in [0, 0.1) is 17.2 Å². The average molecular weight is 458 g/mol. The number of halogens is 1. The van der Waals surface area contributed by atoms with Crippen molar-refractivity contribution in [2.75, 3.05) is 6.61 Å². The van der Waals surface area contributed by atoms with Gasteiger partial charge in [0.15, 0.2) is 6.61 Å². The topological polar surface area (TPSA) is 139 Å². The molecule has 0 aliphatic rings. The standard InChI is InChI=1S/C17H20BrN3O5S/c1-10(2)16(17(23)26-9-15(22)14(8-19)11(3)20)21-27(24,25)13-6-4-12(18)5-7-13/h4-7,10,16,21H,9,20H2,1-3H3/b14-11+. The highest BCUT2D eigenvalue weighted by Crippen LogP contribution is 2.16. The maximum atomic E-state index is 12.5. The normalized spacial score (nSPS) is 13.5. The number of hydrogen-bond acceptors (Lipinski definition) is 7. The number of ketones is 1. The molecule has 0 bridgehead atoms. The van der Waals surface area contributed by atoms with Crippen LogP contribution in [-0.2, 0) is 24.3 Å². The fourth-order valence-electron chi connectivity index (χ4n) is 1.97. The van der Waals surface area contributed by atoms with E-state index in [1.165, 1.54) is 19.1 Å². The van der Waals surface area contributed by atoms with E-state index < -0.39 is 40.3 Å². The second-order valence-electron chi connectivity index (χ2n) is 6.00. The largest absolute Gasteiger partial charge is 0.456 e. The molecule has 1 aromatic carbocycles. The number of nitrogens with zero attached hydrogens (tertiary/aromatic N) is 1. The first kappa shape index (κ1) is 22.8. The molecule has 0 radical (unpaired) electrons. The summed E-state index contributed by atoms with van der Waals surface area (Å²) in [5.41, 5.74) is 5.12. The molecule has 0 amide bonds. The third-order valence-corrected chi connectivity index (χ3v) is 5.44. The number of carbonyl (C=O) groups excluding carboxylic acids is 2. The first-order valence-electron chi connectivity index (χ1n) is 7.83. The number of nitrogens with two attached hydrogens (primary N) is 1. The predicted molar refractivity (Wildman–Crippen MR) is 102 cm³/mol. The van der Waals surface area contributed by atoms with Crippen LogP contribution in [0.5, 0.6) is 0 Å². The lowest BCUT2D eigenvalue weighted by molar-refractivity contribution is -0.149.